The van der Waals surface area contributed by atoms with Gasteiger partial charge >= 0.3 is 5.97 Å². The zero-order chi connectivity index (χ0) is 17.1. The highest BCUT2D eigenvalue weighted by molar-refractivity contribution is 5.91. The quantitative estimate of drug-likeness (QED) is 0.846. The van der Waals surface area contributed by atoms with Crippen LogP contribution in [0.2, 0.25) is 0 Å². The van der Waals surface area contributed by atoms with Crippen molar-refractivity contribution in [2.45, 2.75) is 12.8 Å². The van der Waals surface area contributed by atoms with Crippen molar-refractivity contribution < 1.29 is 14.3 Å². The number of H-pyrrole nitrogens is 1. The van der Waals surface area contributed by atoms with Gasteiger partial charge in [-0.2, -0.15) is 0 Å². The number of aromatic nitrogens is 2. The maximum atomic E-state index is 13.0. The predicted octanol–water partition coefficient (Wildman–Crippen LogP) is 0.984. The van der Waals surface area contributed by atoms with E-state index in [0.717, 1.165) is 29.7 Å². The van der Waals surface area contributed by atoms with Crippen LogP contribution in [-0.4, -0.2) is 71.5 Å². The summed E-state index contributed by atoms with van der Waals surface area (Å²) in [5, 5.41) is 0.886. The van der Waals surface area contributed by atoms with Crippen LogP contribution >= 0.6 is 0 Å². The van der Waals surface area contributed by atoms with E-state index >= 15 is 0 Å². The average Bonchev–Trinajstić information content (AvgIpc) is 2.99. The Bertz CT molecular complexity index is 734. The molecule has 0 aliphatic carbocycles. The number of pyridine rings is 1. The minimum absolute atomic E-state index is 0.00546. The van der Waals surface area contributed by atoms with Crippen LogP contribution in [0, 0.1) is 0 Å². The molecule has 0 spiro atoms. The molecular weight excluding hydrogens is 308 g/mol. The average molecular weight is 330 g/mol. The van der Waals surface area contributed by atoms with Gasteiger partial charge in [0.05, 0.1) is 5.92 Å². The Labute approximate surface area is 140 Å². The number of hydrogen-bond donors (Lipinski definition) is 1. The molecule has 1 amide bonds. The second-order valence-corrected chi connectivity index (χ2v) is 6.13. The van der Waals surface area contributed by atoms with Crippen LogP contribution in [0.5, 0.6) is 0 Å². The topological polar surface area (TPSA) is 78.5 Å². The first-order valence-electron chi connectivity index (χ1n) is 8.09. The zero-order valence-corrected chi connectivity index (χ0v) is 14.0. The van der Waals surface area contributed by atoms with Crippen molar-refractivity contribution >= 4 is 22.9 Å². The number of nitrogens with zero attached hydrogens (tertiary/aromatic N) is 3. The number of likely N-dealkylation sites (N-methyl/N-ethyl adjacent to an activating group) is 1. The first-order valence-corrected chi connectivity index (χ1v) is 8.09. The molecule has 1 aliphatic heterocycles. The molecule has 3 rings (SSSR count). The summed E-state index contributed by atoms with van der Waals surface area (Å²) < 4.78 is 5.18. The van der Waals surface area contributed by atoms with Crippen LogP contribution in [0.15, 0.2) is 24.5 Å². The SMILES string of the molecule is CC(=O)OCC(C(=O)N1CCN(C)CC1)c1c[nH]c2ncccc12. The van der Waals surface area contributed by atoms with E-state index < -0.39 is 5.92 Å². The molecular formula is C17H22N4O3. The molecule has 1 unspecified atom stereocenters. The van der Waals surface area contributed by atoms with Crippen molar-refractivity contribution in [3.63, 3.8) is 0 Å². The smallest absolute Gasteiger partial charge is 0.302 e. The van der Waals surface area contributed by atoms with Crippen molar-refractivity contribution in [2.75, 3.05) is 39.8 Å². The van der Waals surface area contributed by atoms with Gasteiger partial charge in [0, 0.05) is 50.9 Å². The first-order chi connectivity index (χ1) is 11.6. The van der Waals surface area contributed by atoms with E-state index in [9.17, 15) is 9.59 Å². The zero-order valence-electron chi connectivity index (χ0n) is 14.0. The minimum atomic E-state index is -0.518. The van der Waals surface area contributed by atoms with E-state index in [2.05, 4.69) is 14.9 Å². The second-order valence-electron chi connectivity index (χ2n) is 6.13. The number of ether oxygens (including phenoxy) is 1. The molecule has 2 aromatic heterocycles. The van der Waals surface area contributed by atoms with Gasteiger partial charge < -0.3 is 19.5 Å². The highest BCUT2D eigenvalue weighted by Gasteiger charge is 2.30. The summed E-state index contributed by atoms with van der Waals surface area (Å²) in [4.78, 5) is 35.7. The number of nitrogens with one attached hydrogen (secondary N) is 1. The third-order valence-electron chi connectivity index (χ3n) is 4.42. The standard InChI is InChI=1S/C17H22N4O3/c1-12(22)24-11-15(17(23)21-8-6-20(2)7-9-21)14-10-19-16-13(14)4-3-5-18-16/h3-5,10,15H,6-9,11H2,1-2H3,(H,18,19). The number of fused-ring (bicyclic) bond motifs is 1. The van der Waals surface area contributed by atoms with E-state index in [1.165, 1.54) is 6.92 Å². The lowest BCUT2D eigenvalue weighted by molar-refractivity contribution is -0.144. The fourth-order valence-corrected chi connectivity index (χ4v) is 3.01. The summed E-state index contributed by atoms with van der Waals surface area (Å²) >= 11 is 0. The lowest BCUT2D eigenvalue weighted by Crippen LogP contribution is -2.49. The van der Waals surface area contributed by atoms with E-state index in [4.69, 9.17) is 4.74 Å². The number of amides is 1. The number of piperazine rings is 1. The van der Waals surface area contributed by atoms with Crippen molar-refractivity contribution in [2.24, 2.45) is 0 Å². The molecule has 0 radical (unpaired) electrons. The Balaban J connectivity index is 1.88. The number of rotatable bonds is 4. The maximum absolute atomic E-state index is 13.0. The van der Waals surface area contributed by atoms with Gasteiger partial charge in [-0.3, -0.25) is 9.59 Å². The van der Waals surface area contributed by atoms with Gasteiger partial charge in [0.2, 0.25) is 5.91 Å². The van der Waals surface area contributed by atoms with E-state index in [1.54, 1.807) is 12.4 Å². The molecule has 2 aromatic rings. The number of carbonyl (C=O) groups is 2. The molecule has 1 atom stereocenters. The van der Waals surface area contributed by atoms with Crippen molar-refractivity contribution in [3.05, 3.63) is 30.1 Å². The van der Waals surface area contributed by atoms with Gasteiger partial charge in [0.1, 0.15) is 12.3 Å². The number of aromatic amines is 1. The molecule has 1 aliphatic rings. The molecule has 1 fully saturated rings. The molecule has 128 valence electrons. The van der Waals surface area contributed by atoms with Crippen molar-refractivity contribution in [1.29, 1.82) is 0 Å². The van der Waals surface area contributed by atoms with E-state index in [-0.39, 0.29) is 18.5 Å². The van der Waals surface area contributed by atoms with Crippen LogP contribution in [0.4, 0.5) is 0 Å². The Kier molecular flexibility index (Phi) is 4.80. The molecule has 0 saturated carbocycles. The minimum Gasteiger partial charge on any atom is -0.465 e. The third-order valence-corrected chi connectivity index (χ3v) is 4.42. The van der Waals surface area contributed by atoms with Gasteiger partial charge in [-0.1, -0.05) is 0 Å². The van der Waals surface area contributed by atoms with E-state index in [0.29, 0.717) is 13.1 Å². The summed E-state index contributed by atoms with van der Waals surface area (Å²) in [7, 11) is 2.05. The fourth-order valence-electron chi connectivity index (χ4n) is 3.01. The Morgan fingerprint density at radius 3 is 2.79 bits per heavy atom. The highest BCUT2D eigenvalue weighted by Crippen LogP contribution is 2.27. The number of esters is 1. The Hall–Kier alpha value is -2.41. The van der Waals surface area contributed by atoms with Crippen LogP contribution in [0.25, 0.3) is 11.0 Å². The summed E-state index contributed by atoms with van der Waals surface area (Å²) in [6.45, 7) is 4.47. The van der Waals surface area contributed by atoms with Crippen LogP contribution < -0.4 is 0 Å². The van der Waals surface area contributed by atoms with Crippen LogP contribution in [0.1, 0.15) is 18.4 Å². The molecule has 0 bridgehead atoms. The van der Waals surface area contributed by atoms with Crippen LogP contribution in [-0.2, 0) is 14.3 Å². The molecule has 1 saturated heterocycles. The van der Waals surface area contributed by atoms with Gasteiger partial charge in [-0.25, -0.2) is 4.98 Å². The molecule has 1 N–H and O–H groups in total. The van der Waals surface area contributed by atoms with E-state index in [1.807, 2.05) is 24.1 Å². The third kappa shape index (κ3) is 3.41. The van der Waals surface area contributed by atoms with Gasteiger partial charge in [-0.05, 0) is 24.7 Å². The number of hydrogen-bond acceptors (Lipinski definition) is 5. The molecule has 0 aromatic carbocycles. The fraction of sp³-hybridized carbons (Fsp3) is 0.471. The first kappa shape index (κ1) is 16.4. The highest BCUT2D eigenvalue weighted by atomic mass is 16.5. The molecule has 7 nitrogen and oxygen atoms in total. The van der Waals surface area contributed by atoms with Crippen molar-refractivity contribution in [1.82, 2.24) is 19.8 Å². The summed E-state index contributed by atoms with van der Waals surface area (Å²) in [5.74, 6) is -0.909. The second kappa shape index (κ2) is 7.00. The monoisotopic (exact) mass is 330 g/mol. The van der Waals surface area contributed by atoms with Gasteiger partial charge in [0.15, 0.2) is 0 Å². The van der Waals surface area contributed by atoms with Crippen molar-refractivity contribution in [3.8, 4) is 0 Å². The summed E-state index contributed by atoms with van der Waals surface area (Å²) in [6.07, 6.45) is 3.49. The normalized spacial score (nSPS) is 17.0. The molecule has 3 heterocycles. The lowest BCUT2D eigenvalue weighted by atomic mass is 9.98. The molecule has 7 heteroatoms. The van der Waals surface area contributed by atoms with Crippen LogP contribution in [0.3, 0.4) is 0 Å². The number of carbonyl (C=O) groups excluding carboxylic acids is 2. The Morgan fingerprint density at radius 2 is 2.08 bits per heavy atom. The summed E-state index contributed by atoms with van der Waals surface area (Å²) in [6, 6.07) is 3.76. The molecule has 24 heavy (non-hydrogen) atoms. The van der Waals surface area contributed by atoms with Gasteiger partial charge in [-0.15, -0.1) is 0 Å². The maximum Gasteiger partial charge on any atom is 0.302 e. The Morgan fingerprint density at radius 1 is 1.33 bits per heavy atom. The predicted molar refractivity (Wildman–Crippen MR) is 89.5 cm³/mol. The summed E-state index contributed by atoms with van der Waals surface area (Å²) in [5.41, 5.74) is 1.55. The lowest BCUT2D eigenvalue weighted by Gasteiger charge is -2.34. The largest absolute Gasteiger partial charge is 0.465 e. The van der Waals surface area contributed by atoms with Gasteiger partial charge in [0.25, 0.3) is 0 Å².